The summed E-state index contributed by atoms with van der Waals surface area (Å²) < 4.78 is 0. The Labute approximate surface area is 112 Å². The van der Waals surface area contributed by atoms with E-state index in [-0.39, 0.29) is 5.54 Å². The molecule has 2 nitrogen and oxygen atoms in total. The lowest BCUT2D eigenvalue weighted by Crippen LogP contribution is -2.32. The molecule has 2 heteroatoms. The Balaban J connectivity index is 2.19. The first-order chi connectivity index (χ1) is 8.51. The molecule has 0 saturated carbocycles. The van der Waals surface area contributed by atoms with Gasteiger partial charge in [0.15, 0.2) is 0 Å². The van der Waals surface area contributed by atoms with Crippen molar-refractivity contribution in [3.8, 4) is 0 Å². The van der Waals surface area contributed by atoms with Crippen molar-refractivity contribution in [2.75, 3.05) is 6.54 Å². The minimum atomic E-state index is -0.0382. The average molecular weight is 248 g/mol. The molecule has 0 heterocycles. The molecule has 1 rings (SSSR count). The fraction of sp³-hybridized carbons (Fsp3) is 0.625. The van der Waals surface area contributed by atoms with E-state index in [4.69, 9.17) is 5.73 Å². The molecule has 0 saturated heterocycles. The number of benzene rings is 1. The van der Waals surface area contributed by atoms with E-state index in [0.717, 1.165) is 25.9 Å². The molecular formula is C16H28N2. The highest BCUT2D eigenvalue weighted by Crippen LogP contribution is 2.08. The van der Waals surface area contributed by atoms with Crippen LogP contribution in [0.3, 0.4) is 0 Å². The van der Waals surface area contributed by atoms with Gasteiger partial charge in [0.05, 0.1) is 0 Å². The molecule has 102 valence electrons. The molecular weight excluding hydrogens is 220 g/mol. The zero-order chi connectivity index (χ0) is 13.4. The zero-order valence-corrected chi connectivity index (χ0v) is 12.1. The Morgan fingerprint density at radius 3 is 2.28 bits per heavy atom. The second-order valence-electron chi connectivity index (χ2n) is 5.84. The third-order valence-electron chi connectivity index (χ3n) is 3.07. The van der Waals surface area contributed by atoms with Crippen LogP contribution in [-0.4, -0.2) is 12.1 Å². The monoisotopic (exact) mass is 248 g/mol. The van der Waals surface area contributed by atoms with Gasteiger partial charge in [-0.3, -0.25) is 0 Å². The molecule has 3 N–H and O–H groups in total. The number of nitrogens with one attached hydrogen (secondary N) is 1. The average Bonchev–Trinajstić information content (AvgIpc) is 2.30. The number of hydrogen-bond donors (Lipinski definition) is 2. The Kier molecular flexibility index (Phi) is 6.37. The van der Waals surface area contributed by atoms with E-state index < -0.39 is 0 Å². The molecule has 0 radical (unpaired) electrons. The van der Waals surface area contributed by atoms with E-state index in [1.54, 1.807) is 0 Å². The van der Waals surface area contributed by atoms with Gasteiger partial charge in [0, 0.05) is 12.1 Å². The van der Waals surface area contributed by atoms with Gasteiger partial charge in [-0.1, -0.05) is 37.6 Å². The van der Waals surface area contributed by atoms with E-state index in [1.807, 2.05) is 0 Å². The largest absolute Gasteiger partial charge is 0.326 e. The maximum absolute atomic E-state index is 5.95. The first kappa shape index (κ1) is 15.2. The van der Waals surface area contributed by atoms with Crippen molar-refractivity contribution >= 4 is 0 Å². The summed E-state index contributed by atoms with van der Waals surface area (Å²) in [4.78, 5) is 0. The van der Waals surface area contributed by atoms with Gasteiger partial charge >= 0.3 is 0 Å². The molecule has 0 aliphatic heterocycles. The predicted molar refractivity (Wildman–Crippen MR) is 79.6 cm³/mol. The summed E-state index contributed by atoms with van der Waals surface area (Å²) in [5.74, 6) is 0. The van der Waals surface area contributed by atoms with Crippen molar-refractivity contribution in [1.82, 2.24) is 5.32 Å². The van der Waals surface area contributed by atoms with Crippen molar-refractivity contribution in [3.63, 3.8) is 0 Å². The molecule has 0 atom stereocenters. The highest BCUT2D eigenvalue weighted by Gasteiger charge is 2.08. The lowest BCUT2D eigenvalue weighted by atomic mass is 10.0. The molecule has 0 unspecified atom stereocenters. The van der Waals surface area contributed by atoms with Crippen molar-refractivity contribution in [2.24, 2.45) is 5.73 Å². The molecule has 0 aromatic heterocycles. The predicted octanol–water partition coefficient (Wildman–Crippen LogP) is 3.25. The van der Waals surface area contributed by atoms with E-state index in [1.165, 1.54) is 24.0 Å². The first-order valence-electron chi connectivity index (χ1n) is 7.08. The summed E-state index contributed by atoms with van der Waals surface area (Å²) in [7, 11) is 0. The lowest BCUT2D eigenvalue weighted by molar-refractivity contribution is 0.448. The minimum absolute atomic E-state index is 0.0382. The third kappa shape index (κ3) is 6.77. The van der Waals surface area contributed by atoms with Crippen LogP contribution in [0.5, 0.6) is 0 Å². The maximum Gasteiger partial charge on any atom is 0.0205 e. The number of rotatable bonds is 8. The second kappa shape index (κ2) is 7.55. The van der Waals surface area contributed by atoms with Crippen molar-refractivity contribution in [2.45, 2.75) is 58.5 Å². The van der Waals surface area contributed by atoms with Gasteiger partial charge in [-0.05, 0) is 50.8 Å². The van der Waals surface area contributed by atoms with E-state index in [0.29, 0.717) is 0 Å². The molecule has 0 amide bonds. The van der Waals surface area contributed by atoms with Crippen LogP contribution in [0.1, 0.15) is 51.2 Å². The second-order valence-corrected chi connectivity index (χ2v) is 5.84. The zero-order valence-electron chi connectivity index (χ0n) is 12.1. The van der Waals surface area contributed by atoms with Gasteiger partial charge < -0.3 is 11.1 Å². The van der Waals surface area contributed by atoms with E-state index >= 15 is 0 Å². The maximum atomic E-state index is 5.95. The van der Waals surface area contributed by atoms with Crippen molar-refractivity contribution in [3.05, 3.63) is 35.4 Å². The Bertz CT molecular complexity index is 322. The molecule has 0 aliphatic rings. The summed E-state index contributed by atoms with van der Waals surface area (Å²) in [6, 6.07) is 8.93. The number of nitrogens with two attached hydrogens (primary N) is 1. The SMILES string of the molecule is CCCc1ccc(CNCCCC(C)(C)N)cc1. The van der Waals surface area contributed by atoms with Crippen LogP contribution in [0.25, 0.3) is 0 Å². The summed E-state index contributed by atoms with van der Waals surface area (Å²) >= 11 is 0. The Hall–Kier alpha value is -0.860. The third-order valence-corrected chi connectivity index (χ3v) is 3.07. The first-order valence-corrected chi connectivity index (χ1v) is 7.08. The smallest absolute Gasteiger partial charge is 0.0205 e. The minimum Gasteiger partial charge on any atom is -0.326 e. The topological polar surface area (TPSA) is 38.0 Å². The highest BCUT2D eigenvalue weighted by molar-refractivity contribution is 5.22. The van der Waals surface area contributed by atoms with Crippen LogP contribution in [0.2, 0.25) is 0 Å². The molecule has 1 aromatic carbocycles. The molecule has 18 heavy (non-hydrogen) atoms. The number of aryl methyl sites for hydroxylation is 1. The van der Waals surface area contributed by atoms with E-state index in [2.05, 4.69) is 50.4 Å². The van der Waals surface area contributed by atoms with Gasteiger partial charge in [-0.25, -0.2) is 0 Å². The van der Waals surface area contributed by atoms with Crippen LogP contribution >= 0.6 is 0 Å². The summed E-state index contributed by atoms with van der Waals surface area (Å²) in [5, 5.41) is 3.47. The van der Waals surface area contributed by atoms with Gasteiger partial charge in [-0.15, -0.1) is 0 Å². The molecule has 0 aliphatic carbocycles. The Morgan fingerprint density at radius 1 is 1.11 bits per heavy atom. The summed E-state index contributed by atoms with van der Waals surface area (Å²) in [5.41, 5.74) is 8.71. The van der Waals surface area contributed by atoms with Crippen LogP contribution in [0, 0.1) is 0 Å². The fourth-order valence-electron chi connectivity index (χ4n) is 2.01. The van der Waals surface area contributed by atoms with Gasteiger partial charge in [-0.2, -0.15) is 0 Å². The van der Waals surface area contributed by atoms with Crippen LogP contribution in [0.4, 0.5) is 0 Å². The van der Waals surface area contributed by atoms with Gasteiger partial charge in [0.1, 0.15) is 0 Å². The highest BCUT2D eigenvalue weighted by atomic mass is 14.8. The van der Waals surface area contributed by atoms with Crippen molar-refractivity contribution in [1.29, 1.82) is 0 Å². The van der Waals surface area contributed by atoms with Crippen LogP contribution in [-0.2, 0) is 13.0 Å². The lowest BCUT2D eigenvalue weighted by Gasteiger charge is -2.18. The molecule has 0 bridgehead atoms. The van der Waals surface area contributed by atoms with Gasteiger partial charge in [0.2, 0.25) is 0 Å². The Morgan fingerprint density at radius 2 is 1.72 bits per heavy atom. The number of hydrogen-bond acceptors (Lipinski definition) is 2. The molecule has 0 fully saturated rings. The normalized spacial score (nSPS) is 11.8. The summed E-state index contributed by atoms with van der Waals surface area (Å²) in [6.45, 7) is 8.38. The molecule has 1 aromatic rings. The molecule has 0 spiro atoms. The fourth-order valence-corrected chi connectivity index (χ4v) is 2.01. The van der Waals surface area contributed by atoms with Crippen LogP contribution in [0.15, 0.2) is 24.3 Å². The van der Waals surface area contributed by atoms with Crippen molar-refractivity contribution < 1.29 is 0 Å². The summed E-state index contributed by atoms with van der Waals surface area (Å²) in [6.07, 6.45) is 4.60. The quantitative estimate of drug-likeness (QED) is 0.693. The van der Waals surface area contributed by atoms with E-state index in [9.17, 15) is 0 Å². The van der Waals surface area contributed by atoms with Gasteiger partial charge in [0.25, 0.3) is 0 Å². The standard InChI is InChI=1S/C16H28N2/c1-4-6-14-7-9-15(10-8-14)13-18-12-5-11-16(2,3)17/h7-10,18H,4-6,11-13,17H2,1-3H3. The van der Waals surface area contributed by atoms with Crippen LogP contribution < -0.4 is 11.1 Å².